The van der Waals surface area contributed by atoms with Gasteiger partial charge in [0, 0.05) is 24.7 Å². The Morgan fingerprint density at radius 2 is 2.10 bits per heavy atom. The van der Waals surface area contributed by atoms with Gasteiger partial charge in [0.25, 0.3) is 0 Å². The topological polar surface area (TPSA) is 72.9 Å². The lowest BCUT2D eigenvalue weighted by molar-refractivity contribution is -0.139. The molecule has 0 spiro atoms. The number of amides is 2. The zero-order chi connectivity index (χ0) is 14.7. The maximum absolute atomic E-state index is 12.1. The second kappa shape index (κ2) is 6.43. The predicted octanol–water partition coefficient (Wildman–Crippen LogP) is 1.12. The fourth-order valence-corrected chi connectivity index (χ4v) is 3.17. The lowest BCUT2D eigenvalue weighted by Crippen LogP contribution is -2.57. The van der Waals surface area contributed by atoms with E-state index in [9.17, 15) is 9.59 Å². The van der Waals surface area contributed by atoms with Crippen molar-refractivity contribution in [1.29, 1.82) is 0 Å². The molecule has 1 unspecified atom stereocenters. The average Bonchev–Trinajstić information content (AvgIpc) is 2.76. The van der Waals surface area contributed by atoms with Crippen molar-refractivity contribution in [3.63, 3.8) is 0 Å². The monoisotopic (exact) mass is 283 g/mol. The molecule has 6 nitrogen and oxygen atoms in total. The van der Waals surface area contributed by atoms with Gasteiger partial charge in [0.05, 0.1) is 6.54 Å². The number of urea groups is 1. The van der Waals surface area contributed by atoms with Gasteiger partial charge in [-0.25, -0.2) is 4.79 Å². The summed E-state index contributed by atoms with van der Waals surface area (Å²) in [7, 11) is 0. The number of carbonyl (C=O) groups excluding carboxylic acids is 1. The number of hydrogen-bond acceptors (Lipinski definition) is 3. The molecule has 2 N–H and O–H groups in total. The molecule has 1 saturated heterocycles. The fourth-order valence-electron chi connectivity index (χ4n) is 3.17. The van der Waals surface area contributed by atoms with E-state index in [1.165, 1.54) is 0 Å². The van der Waals surface area contributed by atoms with Crippen LogP contribution in [0.3, 0.4) is 0 Å². The Hall–Kier alpha value is -1.30. The van der Waals surface area contributed by atoms with Gasteiger partial charge in [-0.2, -0.15) is 0 Å². The van der Waals surface area contributed by atoms with Crippen molar-refractivity contribution < 1.29 is 14.7 Å². The number of likely N-dealkylation sites (tertiary alicyclic amines) is 1. The first-order chi connectivity index (χ1) is 9.51. The summed E-state index contributed by atoms with van der Waals surface area (Å²) in [4.78, 5) is 26.7. The maximum atomic E-state index is 12.1. The van der Waals surface area contributed by atoms with Crippen molar-refractivity contribution in [2.24, 2.45) is 0 Å². The molecule has 0 bridgehead atoms. The molecule has 2 fully saturated rings. The first kappa shape index (κ1) is 15.1. The Balaban J connectivity index is 1.73. The maximum Gasteiger partial charge on any atom is 0.317 e. The van der Waals surface area contributed by atoms with Crippen molar-refractivity contribution >= 4 is 12.0 Å². The summed E-state index contributed by atoms with van der Waals surface area (Å²) in [5.41, 5.74) is 0. The molecule has 1 saturated carbocycles. The van der Waals surface area contributed by atoms with Gasteiger partial charge in [-0.15, -0.1) is 0 Å². The van der Waals surface area contributed by atoms with Crippen molar-refractivity contribution in [1.82, 2.24) is 15.1 Å². The molecule has 6 heteroatoms. The minimum absolute atomic E-state index is 0.0414. The molecule has 114 valence electrons. The van der Waals surface area contributed by atoms with Crippen LogP contribution < -0.4 is 5.32 Å². The molecule has 1 heterocycles. The van der Waals surface area contributed by atoms with Crippen LogP contribution in [0.25, 0.3) is 0 Å². The Morgan fingerprint density at radius 3 is 2.60 bits per heavy atom. The van der Waals surface area contributed by atoms with Gasteiger partial charge in [-0.3, -0.25) is 9.69 Å². The third-order valence-electron chi connectivity index (χ3n) is 4.52. The highest BCUT2D eigenvalue weighted by Crippen LogP contribution is 2.26. The van der Waals surface area contributed by atoms with E-state index in [1.54, 1.807) is 0 Å². The highest BCUT2D eigenvalue weighted by atomic mass is 16.4. The molecule has 1 aliphatic heterocycles. The van der Waals surface area contributed by atoms with Crippen LogP contribution in [0.5, 0.6) is 0 Å². The second-order valence-electron chi connectivity index (χ2n) is 5.91. The SMILES string of the molecule is CCN(CC(=O)O)C1CC(NC(=O)N2CCCC2C)C1. The van der Waals surface area contributed by atoms with Gasteiger partial charge < -0.3 is 15.3 Å². The third-order valence-corrected chi connectivity index (χ3v) is 4.52. The number of rotatable bonds is 5. The molecule has 0 radical (unpaired) electrons. The smallest absolute Gasteiger partial charge is 0.317 e. The molecule has 20 heavy (non-hydrogen) atoms. The number of nitrogens with one attached hydrogen (secondary N) is 1. The summed E-state index contributed by atoms with van der Waals surface area (Å²) in [6.07, 6.45) is 3.89. The predicted molar refractivity (Wildman–Crippen MR) is 75.6 cm³/mol. The Labute approximate surface area is 120 Å². The molecular formula is C14H25N3O3. The molecule has 0 aromatic carbocycles. The number of aliphatic carboxylic acids is 1. The quantitative estimate of drug-likeness (QED) is 0.793. The van der Waals surface area contributed by atoms with Crippen LogP contribution in [-0.4, -0.2) is 64.7 Å². The Morgan fingerprint density at radius 1 is 1.40 bits per heavy atom. The van der Waals surface area contributed by atoms with E-state index in [1.807, 2.05) is 16.7 Å². The van der Waals surface area contributed by atoms with Crippen molar-refractivity contribution in [3.8, 4) is 0 Å². The number of carboxylic acid groups (broad SMARTS) is 1. The van der Waals surface area contributed by atoms with Crippen LogP contribution in [0.4, 0.5) is 4.79 Å². The summed E-state index contributed by atoms with van der Waals surface area (Å²) in [5, 5.41) is 11.9. The number of carboxylic acids is 1. The number of nitrogens with zero attached hydrogens (tertiary/aromatic N) is 2. The zero-order valence-corrected chi connectivity index (χ0v) is 12.3. The first-order valence-corrected chi connectivity index (χ1v) is 7.54. The standard InChI is InChI=1S/C14H25N3O3/c1-3-16(9-13(18)19)12-7-11(8-12)15-14(20)17-6-4-5-10(17)2/h10-12H,3-9H2,1-2H3,(H,15,20)(H,18,19). The Kier molecular flexibility index (Phi) is 4.86. The second-order valence-corrected chi connectivity index (χ2v) is 5.91. The lowest BCUT2D eigenvalue weighted by Gasteiger charge is -2.42. The van der Waals surface area contributed by atoms with E-state index in [2.05, 4.69) is 12.2 Å². The molecule has 1 atom stereocenters. The fraction of sp³-hybridized carbons (Fsp3) is 0.857. The van der Waals surface area contributed by atoms with E-state index < -0.39 is 5.97 Å². The summed E-state index contributed by atoms with van der Waals surface area (Å²) < 4.78 is 0. The molecule has 0 aromatic rings. The number of carbonyl (C=O) groups is 2. The number of likely N-dealkylation sites (N-methyl/N-ethyl adjacent to an activating group) is 1. The van der Waals surface area contributed by atoms with E-state index >= 15 is 0 Å². The largest absolute Gasteiger partial charge is 0.480 e. The summed E-state index contributed by atoms with van der Waals surface area (Å²) in [5.74, 6) is -0.787. The van der Waals surface area contributed by atoms with Crippen LogP contribution in [0.2, 0.25) is 0 Å². The molecule has 2 rings (SSSR count). The first-order valence-electron chi connectivity index (χ1n) is 7.54. The molecule has 0 aromatic heterocycles. The van der Waals surface area contributed by atoms with Gasteiger partial charge in [-0.05, 0) is 39.2 Å². The Bertz CT molecular complexity index is 369. The van der Waals surface area contributed by atoms with E-state index in [-0.39, 0.29) is 24.7 Å². The van der Waals surface area contributed by atoms with Crippen molar-refractivity contribution in [3.05, 3.63) is 0 Å². The summed E-state index contributed by atoms with van der Waals surface area (Å²) >= 11 is 0. The van der Waals surface area contributed by atoms with Crippen LogP contribution in [0.1, 0.15) is 39.5 Å². The molecule has 2 amide bonds. The van der Waals surface area contributed by atoms with Crippen molar-refractivity contribution in [2.75, 3.05) is 19.6 Å². The molecule has 1 aliphatic carbocycles. The normalized spacial score (nSPS) is 29.4. The van der Waals surface area contributed by atoms with Crippen LogP contribution in [0.15, 0.2) is 0 Å². The lowest BCUT2D eigenvalue weighted by atomic mass is 9.85. The highest BCUT2D eigenvalue weighted by Gasteiger charge is 2.36. The van der Waals surface area contributed by atoms with Gasteiger partial charge in [0.15, 0.2) is 0 Å². The zero-order valence-electron chi connectivity index (χ0n) is 12.3. The highest BCUT2D eigenvalue weighted by molar-refractivity contribution is 5.75. The molecule has 2 aliphatic rings. The summed E-state index contributed by atoms with van der Waals surface area (Å²) in [6.45, 7) is 5.73. The summed E-state index contributed by atoms with van der Waals surface area (Å²) in [6, 6.07) is 0.866. The van der Waals surface area contributed by atoms with Crippen LogP contribution in [0, 0.1) is 0 Å². The van der Waals surface area contributed by atoms with Crippen molar-refractivity contribution in [2.45, 2.75) is 57.7 Å². The van der Waals surface area contributed by atoms with Gasteiger partial charge in [0.1, 0.15) is 0 Å². The third kappa shape index (κ3) is 3.42. The van der Waals surface area contributed by atoms with E-state index in [0.29, 0.717) is 6.04 Å². The van der Waals surface area contributed by atoms with E-state index in [4.69, 9.17) is 5.11 Å². The van der Waals surface area contributed by atoms with Gasteiger partial charge >= 0.3 is 12.0 Å². The van der Waals surface area contributed by atoms with Crippen LogP contribution >= 0.6 is 0 Å². The minimum Gasteiger partial charge on any atom is -0.480 e. The van der Waals surface area contributed by atoms with Gasteiger partial charge in [-0.1, -0.05) is 6.92 Å². The van der Waals surface area contributed by atoms with Gasteiger partial charge in [0.2, 0.25) is 0 Å². The number of hydrogen-bond donors (Lipinski definition) is 2. The minimum atomic E-state index is -0.787. The van der Waals surface area contributed by atoms with Crippen LogP contribution in [-0.2, 0) is 4.79 Å². The van der Waals surface area contributed by atoms with E-state index in [0.717, 1.165) is 38.8 Å². The molecular weight excluding hydrogens is 258 g/mol. The average molecular weight is 283 g/mol.